The summed E-state index contributed by atoms with van der Waals surface area (Å²) in [6, 6.07) is 13.5. The summed E-state index contributed by atoms with van der Waals surface area (Å²) in [6.45, 7) is 6.95. The van der Waals surface area contributed by atoms with Gasteiger partial charge in [0, 0.05) is 17.1 Å². The van der Waals surface area contributed by atoms with Crippen LogP contribution in [0.2, 0.25) is 0 Å². The molecule has 2 rings (SSSR count). The van der Waals surface area contributed by atoms with Gasteiger partial charge in [-0.05, 0) is 63.1 Å². The van der Waals surface area contributed by atoms with Gasteiger partial charge in [0.05, 0.1) is 11.9 Å². The maximum atomic E-state index is 13.4. The largest absolute Gasteiger partial charge is 0.352 e. The molecule has 9 heteroatoms. The van der Waals surface area contributed by atoms with Gasteiger partial charge in [-0.1, -0.05) is 40.2 Å². The zero-order valence-corrected chi connectivity index (χ0v) is 21.4. The Morgan fingerprint density at radius 3 is 2.22 bits per heavy atom. The lowest BCUT2D eigenvalue weighted by molar-refractivity contribution is -0.139. The van der Waals surface area contributed by atoms with Crippen LogP contribution in [-0.2, 0) is 26.2 Å². The summed E-state index contributed by atoms with van der Waals surface area (Å²) in [5.74, 6) is -0.766. The van der Waals surface area contributed by atoms with Crippen LogP contribution in [0.3, 0.4) is 0 Å². The van der Waals surface area contributed by atoms with E-state index in [0.29, 0.717) is 5.69 Å². The monoisotopic (exact) mass is 523 g/mol. The highest BCUT2D eigenvalue weighted by atomic mass is 79.9. The summed E-state index contributed by atoms with van der Waals surface area (Å²) in [7, 11) is -3.73. The fourth-order valence-corrected chi connectivity index (χ4v) is 4.28. The Balaban J connectivity index is 2.38. The van der Waals surface area contributed by atoms with E-state index in [1.54, 1.807) is 25.1 Å². The van der Waals surface area contributed by atoms with E-state index in [9.17, 15) is 18.0 Å². The summed E-state index contributed by atoms with van der Waals surface area (Å²) < 4.78 is 27.0. The number of nitrogens with one attached hydrogen (secondary N) is 1. The molecule has 0 bridgehead atoms. The Bertz CT molecular complexity index is 1060. The first-order valence-electron chi connectivity index (χ1n) is 10.3. The molecule has 0 aliphatic carbocycles. The Labute approximate surface area is 199 Å². The van der Waals surface area contributed by atoms with E-state index < -0.39 is 28.5 Å². The van der Waals surface area contributed by atoms with E-state index in [2.05, 4.69) is 21.2 Å². The van der Waals surface area contributed by atoms with Crippen molar-refractivity contribution < 1.29 is 18.0 Å². The fraction of sp³-hybridized carbons (Fsp3) is 0.391. The van der Waals surface area contributed by atoms with Crippen LogP contribution in [0, 0.1) is 6.92 Å². The number of sulfonamides is 1. The van der Waals surface area contributed by atoms with Crippen LogP contribution in [0.25, 0.3) is 0 Å². The van der Waals surface area contributed by atoms with Gasteiger partial charge < -0.3 is 10.2 Å². The SMILES string of the molecule is Cc1cccc(N(CC(=O)N(Cc2ccc(Br)cc2)[C@@H](C)C(=O)NC(C)C)S(C)(=O)=O)c1. The fourth-order valence-electron chi connectivity index (χ4n) is 3.17. The molecule has 0 saturated carbocycles. The minimum Gasteiger partial charge on any atom is -0.352 e. The van der Waals surface area contributed by atoms with E-state index in [4.69, 9.17) is 0 Å². The second-order valence-electron chi connectivity index (χ2n) is 8.10. The zero-order valence-electron chi connectivity index (χ0n) is 19.0. The third kappa shape index (κ3) is 7.34. The van der Waals surface area contributed by atoms with Crippen molar-refractivity contribution in [3.63, 3.8) is 0 Å². The molecule has 32 heavy (non-hydrogen) atoms. The molecule has 2 aromatic rings. The second-order valence-corrected chi connectivity index (χ2v) is 10.9. The molecule has 0 spiro atoms. The van der Waals surface area contributed by atoms with Gasteiger partial charge in [-0.15, -0.1) is 0 Å². The molecule has 0 radical (unpaired) electrons. The first kappa shape index (κ1) is 25.9. The minimum atomic E-state index is -3.73. The molecule has 0 unspecified atom stereocenters. The predicted octanol–water partition coefficient (Wildman–Crippen LogP) is 3.47. The Hall–Kier alpha value is -2.39. The van der Waals surface area contributed by atoms with E-state index in [-0.39, 0.29) is 18.5 Å². The Morgan fingerprint density at radius 1 is 1.06 bits per heavy atom. The maximum absolute atomic E-state index is 13.4. The van der Waals surface area contributed by atoms with Crippen molar-refractivity contribution in [2.24, 2.45) is 0 Å². The first-order chi connectivity index (χ1) is 14.9. The quantitative estimate of drug-likeness (QED) is 0.545. The highest BCUT2D eigenvalue weighted by Crippen LogP contribution is 2.20. The van der Waals surface area contributed by atoms with Gasteiger partial charge in [-0.25, -0.2) is 8.42 Å². The van der Waals surface area contributed by atoms with Crippen LogP contribution in [0.4, 0.5) is 5.69 Å². The second kappa shape index (κ2) is 11.0. The number of nitrogens with zero attached hydrogens (tertiary/aromatic N) is 2. The van der Waals surface area contributed by atoms with Gasteiger partial charge in [-0.2, -0.15) is 0 Å². The molecule has 0 aliphatic rings. The highest BCUT2D eigenvalue weighted by Gasteiger charge is 2.30. The summed E-state index contributed by atoms with van der Waals surface area (Å²) in [5.41, 5.74) is 2.11. The number of hydrogen-bond donors (Lipinski definition) is 1. The summed E-state index contributed by atoms with van der Waals surface area (Å²) >= 11 is 3.39. The normalized spacial score (nSPS) is 12.3. The third-order valence-electron chi connectivity index (χ3n) is 4.83. The molecule has 7 nitrogen and oxygen atoms in total. The number of amides is 2. The predicted molar refractivity (Wildman–Crippen MR) is 131 cm³/mol. The molecule has 0 saturated heterocycles. The summed E-state index contributed by atoms with van der Waals surface area (Å²) in [4.78, 5) is 27.5. The van der Waals surface area contributed by atoms with E-state index >= 15 is 0 Å². The van der Waals surface area contributed by atoms with Gasteiger partial charge in [0.2, 0.25) is 21.8 Å². The summed E-state index contributed by atoms with van der Waals surface area (Å²) in [5, 5.41) is 2.82. The number of carbonyl (C=O) groups excluding carboxylic acids is 2. The summed E-state index contributed by atoms with van der Waals surface area (Å²) in [6.07, 6.45) is 1.07. The van der Waals surface area contributed by atoms with Crippen molar-refractivity contribution in [3.8, 4) is 0 Å². The van der Waals surface area contributed by atoms with Crippen molar-refractivity contribution in [1.82, 2.24) is 10.2 Å². The molecule has 174 valence electrons. The number of hydrogen-bond acceptors (Lipinski definition) is 4. The Morgan fingerprint density at radius 2 is 1.69 bits per heavy atom. The molecule has 1 N–H and O–H groups in total. The van der Waals surface area contributed by atoms with Crippen LogP contribution >= 0.6 is 15.9 Å². The molecule has 1 atom stereocenters. The molecule has 0 fully saturated rings. The topological polar surface area (TPSA) is 86.8 Å². The van der Waals surface area contributed by atoms with E-state index in [1.165, 1.54) is 4.90 Å². The molecule has 2 amide bonds. The molecule has 0 aliphatic heterocycles. The highest BCUT2D eigenvalue weighted by molar-refractivity contribution is 9.10. The smallest absolute Gasteiger partial charge is 0.244 e. The van der Waals surface area contributed by atoms with Crippen LogP contribution in [-0.4, -0.2) is 50.0 Å². The average molecular weight is 524 g/mol. The van der Waals surface area contributed by atoms with Gasteiger partial charge in [0.1, 0.15) is 12.6 Å². The number of halogens is 1. The number of anilines is 1. The van der Waals surface area contributed by atoms with E-state index in [1.807, 2.05) is 51.1 Å². The van der Waals surface area contributed by atoms with Gasteiger partial charge in [0.25, 0.3) is 0 Å². The number of aryl methyl sites for hydroxylation is 1. The lowest BCUT2D eigenvalue weighted by Crippen LogP contribution is -2.52. The minimum absolute atomic E-state index is 0.0885. The molecule has 2 aromatic carbocycles. The molecule has 0 heterocycles. The van der Waals surface area contributed by atoms with Crippen LogP contribution in [0.1, 0.15) is 31.9 Å². The number of rotatable bonds is 9. The van der Waals surface area contributed by atoms with Gasteiger partial charge in [0.15, 0.2) is 0 Å². The standard InChI is InChI=1S/C23H30BrN3O4S/c1-16(2)25-23(29)18(4)26(14-19-9-11-20(24)12-10-19)22(28)15-27(32(5,30)31)21-8-6-7-17(3)13-21/h6-13,16,18H,14-15H2,1-5H3,(H,25,29)/t18-/m0/s1. The van der Waals surface area contributed by atoms with Gasteiger partial charge >= 0.3 is 0 Å². The van der Waals surface area contributed by atoms with Crippen molar-refractivity contribution in [3.05, 3.63) is 64.1 Å². The van der Waals surface area contributed by atoms with Crippen molar-refractivity contribution in [2.75, 3.05) is 17.1 Å². The number of carbonyl (C=O) groups is 2. The Kier molecular flexibility index (Phi) is 8.86. The van der Waals surface area contributed by atoms with Crippen molar-refractivity contribution in [2.45, 2.75) is 46.3 Å². The number of benzene rings is 2. The molecule has 0 aromatic heterocycles. The van der Waals surface area contributed by atoms with Crippen LogP contribution in [0.15, 0.2) is 53.0 Å². The molecular formula is C23H30BrN3O4S. The lowest BCUT2D eigenvalue weighted by atomic mass is 10.1. The van der Waals surface area contributed by atoms with Crippen LogP contribution < -0.4 is 9.62 Å². The molecular weight excluding hydrogens is 494 g/mol. The van der Waals surface area contributed by atoms with E-state index in [0.717, 1.165) is 26.2 Å². The van der Waals surface area contributed by atoms with Crippen LogP contribution in [0.5, 0.6) is 0 Å². The third-order valence-corrected chi connectivity index (χ3v) is 6.50. The van der Waals surface area contributed by atoms with Crippen molar-refractivity contribution in [1.29, 1.82) is 0 Å². The maximum Gasteiger partial charge on any atom is 0.244 e. The first-order valence-corrected chi connectivity index (χ1v) is 12.9. The van der Waals surface area contributed by atoms with Crippen molar-refractivity contribution >= 4 is 43.5 Å². The van der Waals surface area contributed by atoms with Gasteiger partial charge in [-0.3, -0.25) is 13.9 Å². The zero-order chi connectivity index (χ0) is 24.1. The average Bonchev–Trinajstić information content (AvgIpc) is 2.69. The lowest BCUT2D eigenvalue weighted by Gasteiger charge is -2.32.